The zero-order valence-electron chi connectivity index (χ0n) is 21.4. The third kappa shape index (κ3) is 4.94. The van der Waals surface area contributed by atoms with E-state index in [0.29, 0.717) is 51.9 Å². The van der Waals surface area contributed by atoms with Crippen LogP contribution in [0.2, 0.25) is 0 Å². The summed E-state index contributed by atoms with van der Waals surface area (Å²) in [7, 11) is 1.91. The molecular formula is C29H28N6O4. The van der Waals surface area contributed by atoms with Crippen molar-refractivity contribution in [2.75, 3.05) is 18.9 Å². The molecule has 0 radical (unpaired) electrons. The molecule has 2 aliphatic rings. The van der Waals surface area contributed by atoms with E-state index in [1.807, 2.05) is 54.5 Å². The van der Waals surface area contributed by atoms with Crippen LogP contribution in [0.25, 0.3) is 22.2 Å². The predicted molar refractivity (Wildman–Crippen MR) is 149 cm³/mol. The van der Waals surface area contributed by atoms with Gasteiger partial charge in [-0.05, 0) is 47.9 Å². The van der Waals surface area contributed by atoms with Crippen molar-refractivity contribution in [2.45, 2.75) is 31.9 Å². The zero-order valence-corrected chi connectivity index (χ0v) is 21.4. The molecule has 1 fully saturated rings. The molecule has 10 nitrogen and oxygen atoms in total. The molecule has 2 aromatic heterocycles. The quantitative estimate of drug-likeness (QED) is 0.338. The number of fused-ring (bicyclic) bond motifs is 1. The Hall–Kier alpha value is -4.70. The van der Waals surface area contributed by atoms with Crippen LogP contribution >= 0.6 is 0 Å². The number of carbonyl (C=O) groups is 1. The summed E-state index contributed by atoms with van der Waals surface area (Å²) in [6, 6.07) is 13.6. The van der Waals surface area contributed by atoms with Crippen LogP contribution in [0.1, 0.15) is 35.4 Å². The summed E-state index contributed by atoms with van der Waals surface area (Å²) in [6.45, 7) is -0.0195. The van der Waals surface area contributed by atoms with Crippen LogP contribution in [0.15, 0.2) is 77.0 Å². The Morgan fingerprint density at radius 1 is 1.18 bits per heavy atom. The molecule has 4 aromatic rings. The van der Waals surface area contributed by atoms with Crippen molar-refractivity contribution in [1.82, 2.24) is 19.2 Å². The average Bonchev–Trinajstić information content (AvgIpc) is 3.68. The van der Waals surface area contributed by atoms with Gasteiger partial charge in [-0.1, -0.05) is 24.3 Å². The summed E-state index contributed by atoms with van der Waals surface area (Å²) < 4.78 is 2.91. The molecule has 1 aliphatic carbocycles. The number of nitrogens with one attached hydrogen (secondary N) is 1. The number of aliphatic hydroxyl groups is 1. The lowest BCUT2D eigenvalue weighted by atomic mass is 10.0. The number of aromatic nitrogens is 3. The van der Waals surface area contributed by atoms with E-state index >= 15 is 0 Å². The number of benzene rings is 2. The number of nitrogens with zero attached hydrogens (tertiary/aromatic N) is 5. The summed E-state index contributed by atoms with van der Waals surface area (Å²) in [6.07, 6.45) is 9.21. The van der Waals surface area contributed by atoms with E-state index in [4.69, 9.17) is 10.1 Å². The van der Waals surface area contributed by atoms with Crippen LogP contribution in [-0.2, 0) is 17.9 Å². The van der Waals surface area contributed by atoms with E-state index in [9.17, 15) is 14.7 Å². The van der Waals surface area contributed by atoms with Gasteiger partial charge in [0.15, 0.2) is 0 Å². The van der Waals surface area contributed by atoms with Gasteiger partial charge in [0.2, 0.25) is 0 Å². The van der Waals surface area contributed by atoms with Crippen LogP contribution in [0.5, 0.6) is 0 Å². The SMILES string of the molecule is CN1C=C(c2cccc(-n3ccc4cc(C5CC5)ccc4c3=O)c2CO)N=C(Nc2cnn(CC(=O)O)c2)C1. The first kappa shape index (κ1) is 24.6. The maximum absolute atomic E-state index is 13.5. The van der Waals surface area contributed by atoms with Crippen molar-refractivity contribution in [3.8, 4) is 5.69 Å². The smallest absolute Gasteiger partial charge is 0.325 e. The molecule has 39 heavy (non-hydrogen) atoms. The van der Waals surface area contributed by atoms with Gasteiger partial charge in [0.1, 0.15) is 12.4 Å². The van der Waals surface area contributed by atoms with Crippen molar-refractivity contribution in [3.63, 3.8) is 0 Å². The Bertz CT molecular complexity index is 1710. The van der Waals surface area contributed by atoms with Gasteiger partial charge in [0.25, 0.3) is 5.56 Å². The van der Waals surface area contributed by atoms with Gasteiger partial charge in [0.05, 0.1) is 36.4 Å². The molecule has 2 aromatic carbocycles. The van der Waals surface area contributed by atoms with Gasteiger partial charge in [-0.25, -0.2) is 4.99 Å². The minimum absolute atomic E-state index is 0.138. The molecule has 0 unspecified atom stereocenters. The van der Waals surface area contributed by atoms with E-state index in [1.54, 1.807) is 23.2 Å². The molecule has 0 bridgehead atoms. The number of aliphatic imine (C=N–C) groups is 1. The molecular weight excluding hydrogens is 496 g/mol. The number of likely N-dealkylation sites (N-methyl/N-ethyl adjacent to an activating group) is 1. The van der Waals surface area contributed by atoms with E-state index < -0.39 is 5.97 Å². The number of carboxylic acids is 1. The molecule has 1 saturated carbocycles. The first-order chi connectivity index (χ1) is 18.9. The maximum Gasteiger partial charge on any atom is 0.325 e. The van der Waals surface area contributed by atoms with Crippen LogP contribution < -0.4 is 10.9 Å². The largest absolute Gasteiger partial charge is 0.480 e. The maximum atomic E-state index is 13.5. The molecule has 1 aliphatic heterocycles. The molecule has 0 atom stereocenters. The second kappa shape index (κ2) is 9.88. The van der Waals surface area contributed by atoms with Crippen molar-refractivity contribution >= 4 is 34.0 Å². The average molecular weight is 525 g/mol. The summed E-state index contributed by atoms with van der Waals surface area (Å²) >= 11 is 0. The highest BCUT2D eigenvalue weighted by Crippen LogP contribution is 2.40. The molecule has 0 amide bonds. The number of pyridine rings is 1. The van der Waals surface area contributed by atoms with Crippen LogP contribution in [-0.4, -0.2) is 54.9 Å². The minimum Gasteiger partial charge on any atom is -0.480 e. The Labute approximate surface area is 224 Å². The van der Waals surface area contributed by atoms with Gasteiger partial charge < -0.3 is 20.4 Å². The van der Waals surface area contributed by atoms with E-state index in [-0.39, 0.29) is 18.7 Å². The number of anilines is 1. The van der Waals surface area contributed by atoms with Gasteiger partial charge in [-0.3, -0.25) is 18.8 Å². The fourth-order valence-corrected chi connectivity index (χ4v) is 5.05. The highest BCUT2D eigenvalue weighted by atomic mass is 16.4. The topological polar surface area (TPSA) is 125 Å². The van der Waals surface area contributed by atoms with Crippen molar-refractivity contribution in [3.05, 3.63) is 94.3 Å². The molecule has 0 spiro atoms. The normalized spacial score (nSPS) is 15.3. The first-order valence-electron chi connectivity index (χ1n) is 12.8. The minimum atomic E-state index is -0.977. The zero-order chi connectivity index (χ0) is 27.1. The Morgan fingerprint density at radius 2 is 2.03 bits per heavy atom. The van der Waals surface area contributed by atoms with Crippen LogP contribution in [0.4, 0.5) is 5.69 Å². The highest BCUT2D eigenvalue weighted by molar-refractivity contribution is 6.01. The second-order valence-electron chi connectivity index (χ2n) is 10.0. The lowest BCUT2D eigenvalue weighted by Gasteiger charge is -2.24. The number of aliphatic carboxylic acids is 1. The monoisotopic (exact) mass is 524 g/mol. The molecule has 6 rings (SSSR count). The summed E-state index contributed by atoms with van der Waals surface area (Å²) in [5.41, 5.74) is 4.28. The van der Waals surface area contributed by atoms with Gasteiger partial charge in [-0.15, -0.1) is 0 Å². The van der Waals surface area contributed by atoms with E-state index in [0.717, 1.165) is 5.39 Å². The Balaban J connectivity index is 1.35. The first-order valence-corrected chi connectivity index (χ1v) is 12.8. The van der Waals surface area contributed by atoms with Crippen LogP contribution in [0.3, 0.4) is 0 Å². The highest BCUT2D eigenvalue weighted by Gasteiger charge is 2.24. The van der Waals surface area contributed by atoms with E-state index in [2.05, 4.69) is 16.5 Å². The molecule has 10 heteroatoms. The fourth-order valence-electron chi connectivity index (χ4n) is 5.05. The number of amidine groups is 1. The molecule has 0 saturated heterocycles. The lowest BCUT2D eigenvalue weighted by Crippen LogP contribution is -2.30. The van der Waals surface area contributed by atoms with Gasteiger partial charge >= 0.3 is 5.97 Å². The second-order valence-corrected chi connectivity index (χ2v) is 10.0. The van der Waals surface area contributed by atoms with Crippen molar-refractivity contribution in [1.29, 1.82) is 0 Å². The molecule has 3 N–H and O–H groups in total. The third-order valence-corrected chi connectivity index (χ3v) is 7.04. The van der Waals surface area contributed by atoms with E-state index in [1.165, 1.54) is 23.1 Å². The van der Waals surface area contributed by atoms with Crippen molar-refractivity contribution in [2.24, 2.45) is 4.99 Å². The standard InChI is InChI=1S/C29H28N6O4/c1-33-14-25(32-27(15-33)31-21-12-30-34(13-21)16-28(37)38)23-3-2-4-26(24(23)17-36)35-10-9-20-11-19(18-5-6-18)7-8-22(20)29(35)39/h2-4,7-14,18,36H,5-6,15-17H2,1H3,(H,31,32)(H,37,38). The third-order valence-electron chi connectivity index (χ3n) is 7.04. The van der Waals surface area contributed by atoms with Crippen LogP contribution in [0, 0.1) is 0 Å². The number of hydrogen-bond donors (Lipinski definition) is 3. The summed E-state index contributed by atoms with van der Waals surface area (Å²) in [5.74, 6) is 0.264. The number of hydrogen-bond acceptors (Lipinski definition) is 7. The number of aliphatic hydroxyl groups excluding tert-OH is 1. The fraction of sp³-hybridized carbons (Fsp3) is 0.241. The summed E-state index contributed by atoms with van der Waals surface area (Å²) in [5, 5.41) is 28.3. The lowest BCUT2D eigenvalue weighted by molar-refractivity contribution is -0.137. The van der Waals surface area contributed by atoms with Crippen molar-refractivity contribution < 1.29 is 15.0 Å². The number of rotatable bonds is 7. The molecule has 198 valence electrons. The Kier molecular flexibility index (Phi) is 6.24. The summed E-state index contributed by atoms with van der Waals surface area (Å²) in [4.78, 5) is 31.2. The van der Waals surface area contributed by atoms with Gasteiger partial charge in [0, 0.05) is 42.2 Å². The van der Waals surface area contributed by atoms with Gasteiger partial charge in [-0.2, -0.15) is 5.10 Å². The number of carboxylic acid groups (broad SMARTS) is 1. The molecule has 3 heterocycles. The Morgan fingerprint density at radius 3 is 2.79 bits per heavy atom. The predicted octanol–water partition coefficient (Wildman–Crippen LogP) is 3.40.